The van der Waals surface area contributed by atoms with E-state index in [1.54, 1.807) is 7.11 Å². The number of esters is 1. The van der Waals surface area contributed by atoms with Crippen molar-refractivity contribution in [2.45, 2.75) is 51.9 Å². The molecule has 1 saturated carbocycles. The molecule has 0 aliphatic heterocycles. The number of rotatable bonds is 6. The summed E-state index contributed by atoms with van der Waals surface area (Å²) in [6.45, 7) is 5.39. The Morgan fingerprint density at radius 1 is 0.963 bits per heavy atom. The minimum atomic E-state index is -0.512. The summed E-state index contributed by atoms with van der Waals surface area (Å²) in [5, 5.41) is 0. The number of hydrogen-bond acceptors (Lipinski definition) is 4. The highest BCUT2D eigenvalue weighted by molar-refractivity contribution is 5.95. The lowest BCUT2D eigenvalue weighted by molar-refractivity contribution is -0.137. The van der Waals surface area contributed by atoms with Gasteiger partial charge in [-0.2, -0.15) is 0 Å². The lowest BCUT2D eigenvalue weighted by atomic mass is 9.60. The highest BCUT2D eigenvalue weighted by Gasteiger charge is 2.40. The van der Waals surface area contributed by atoms with Crippen LogP contribution in [-0.2, 0) is 15.0 Å². The topological polar surface area (TPSA) is 52.6 Å². The average molecular weight is 366 g/mol. The van der Waals surface area contributed by atoms with Gasteiger partial charge in [0.2, 0.25) is 0 Å². The molecule has 142 valence electrons. The lowest BCUT2D eigenvalue weighted by Gasteiger charge is -2.43. The number of carbonyl (C=O) groups excluding carboxylic acids is 2. The molecule has 0 unspecified atom stereocenters. The van der Waals surface area contributed by atoms with Crippen LogP contribution >= 0.6 is 0 Å². The van der Waals surface area contributed by atoms with Gasteiger partial charge in [0.05, 0.1) is 7.11 Å². The Hall–Kier alpha value is -2.62. The second kappa shape index (κ2) is 7.55. The summed E-state index contributed by atoms with van der Waals surface area (Å²) in [4.78, 5) is 22.9. The predicted octanol–water partition coefficient (Wildman–Crippen LogP) is 4.67. The number of ketones is 1. The third kappa shape index (κ3) is 3.75. The van der Waals surface area contributed by atoms with Crippen molar-refractivity contribution in [2.24, 2.45) is 0 Å². The third-order valence-electron chi connectivity index (χ3n) is 5.50. The Bertz CT molecular complexity index is 878. The van der Waals surface area contributed by atoms with E-state index < -0.39 is 5.97 Å². The van der Waals surface area contributed by atoms with Gasteiger partial charge in [-0.05, 0) is 68.0 Å². The van der Waals surface area contributed by atoms with Crippen molar-refractivity contribution in [1.82, 2.24) is 0 Å². The molecular weight excluding hydrogens is 340 g/mol. The maximum absolute atomic E-state index is 11.8. The molecule has 3 rings (SSSR count). The van der Waals surface area contributed by atoms with E-state index in [9.17, 15) is 9.59 Å². The quantitative estimate of drug-likeness (QED) is 0.424. The van der Waals surface area contributed by atoms with Crippen LogP contribution in [0.2, 0.25) is 0 Å². The molecule has 2 aromatic rings. The summed E-state index contributed by atoms with van der Waals surface area (Å²) in [6, 6.07) is 12.4. The Balaban J connectivity index is 1.90. The van der Waals surface area contributed by atoms with Gasteiger partial charge in [0.1, 0.15) is 23.7 Å². The van der Waals surface area contributed by atoms with Gasteiger partial charge in [-0.3, -0.25) is 9.59 Å². The van der Waals surface area contributed by atoms with E-state index in [0.717, 1.165) is 29.7 Å². The predicted molar refractivity (Wildman–Crippen MR) is 104 cm³/mol. The fourth-order valence-corrected chi connectivity index (χ4v) is 3.87. The molecule has 1 aliphatic carbocycles. The number of aryl methyl sites for hydroxylation is 2. The summed E-state index contributed by atoms with van der Waals surface area (Å²) in [5.74, 6) is 0.711. The van der Waals surface area contributed by atoms with Crippen molar-refractivity contribution in [3.63, 3.8) is 0 Å². The van der Waals surface area contributed by atoms with Crippen LogP contribution in [0.25, 0.3) is 0 Å². The van der Waals surface area contributed by atoms with E-state index in [-0.39, 0.29) is 17.6 Å². The second-order valence-electron chi connectivity index (χ2n) is 7.45. The van der Waals surface area contributed by atoms with Crippen LogP contribution in [-0.4, -0.2) is 18.9 Å². The molecule has 0 aromatic heterocycles. The number of Topliss-reactive ketones (excluding diaryl/α,β-unsaturated/α-hetero) is 1. The standard InChI is InChI=1S/C23H26O4/c1-15-12-18(6-8-20(15)26-4)23(10-5-11-23)19-7-9-21(16(2)13-19)27-22(25)14-17(3)24/h6-9,12-13H,5,10-11,14H2,1-4H3. The molecule has 0 spiro atoms. The van der Waals surface area contributed by atoms with Crippen LogP contribution in [0.1, 0.15) is 54.9 Å². The van der Waals surface area contributed by atoms with Gasteiger partial charge in [0, 0.05) is 5.41 Å². The van der Waals surface area contributed by atoms with E-state index >= 15 is 0 Å². The summed E-state index contributed by atoms with van der Waals surface area (Å²) >= 11 is 0. The number of methoxy groups -OCH3 is 1. The molecule has 4 heteroatoms. The van der Waals surface area contributed by atoms with Crippen LogP contribution < -0.4 is 9.47 Å². The molecule has 27 heavy (non-hydrogen) atoms. The zero-order chi connectivity index (χ0) is 19.6. The van der Waals surface area contributed by atoms with E-state index in [2.05, 4.69) is 25.1 Å². The van der Waals surface area contributed by atoms with Crippen LogP contribution in [0.5, 0.6) is 11.5 Å². The monoisotopic (exact) mass is 366 g/mol. The molecule has 4 nitrogen and oxygen atoms in total. The molecule has 0 amide bonds. The van der Waals surface area contributed by atoms with Gasteiger partial charge in [-0.1, -0.05) is 30.7 Å². The number of benzene rings is 2. The van der Waals surface area contributed by atoms with Gasteiger partial charge in [0.25, 0.3) is 0 Å². The van der Waals surface area contributed by atoms with Crippen molar-refractivity contribution in [3.8, 4) is 11.5 Å². The van der Waals surface area contributed by atoms with E-state index in [1.165, 1.54) is 24.5 Å². The molecule has 0 radical (unpaired) electrons. The molecule has 1 aliphatic rings. The van der Waals surface area contributed by atoms with Gasteiger partial charge >= 0.3 is 5.97 Å². The Labute approximate surface area is 160 Å². The largest absolute Gasteiger partial charge is 0.496 e. The molecule has 0 heterocycles. The summed E-state index contributed by atoms with van der Waals surface area (Å²) in [7, 11) is 1.69. The minimum Gasteiger partial charge on any atom is -0.496 e. The van der Waals surface area contributed by atoms with Crippen molar-refractivity contribution >= 4 is 11.8 Å². The SMILES string of the molecule is COc1ccc(C2(c3ccc(OC(=O)CC(C)=O)c(C)c3)CCC2)cc1C. The first-order valence-electron chi connectivity index (χ1n) is 9.32. The molecule has 0 N–H and O–H groups in total. The van der Waals surface area contributed by atoms with Crippen molar-refractivity contribution < 1.29 is 19.1 Å². The van der Waals surface area contributed by atoms with Crippen LogP contribution in [0, 0.1) is 13.8 Å². The first-order valence-corrected chi connectivity index (χ1v) is 9.32. The third-order valence-corrected chi connectivity index (χ3v) is 5.50. The lowest BCUT2D eigenvalue weighted by Crippen LogP contribution is -2.35. The van der Waals surface area contributed by atoms with E-state index in [0.29, 0.717) is 5.75 Å². The first-order chi connectivity index (χ1) is 12.9. The highest BCUT2D eigenvalue weighted by atomic mass is 16.5. The van der Waals surface area contributed by atoms with E-state index in [4.69, 9.17) is 9.47 Å². The van der Waals surface area contributed by atoms with Crippen molar-refractivity contribution in [1.29, 1.82) is 0 Å². The summed E-state index contributed by atoms with van der Waals surface area (Å²) < 4.78 is 10.8. The fraction of sp³-hybridized carbons (Fsp3) is 0.391. The number of ether oxygens (including phenoxy) is 2. The highest BCUT2D eigenvalue weighted by Crippen LogP contribution is 2.50. The molecule has 0 atom stereocenters. The number of carbonyl (C=O) groups is 2. The number of hydrogen-bond donors (Lipinski definition) is 0. The summed E-state index contributed by atoms with van der Waals surface area (Å²) in [6.07, 6.45) is 3.19. The molecule has 0 bridgehead atoms. The minimum absolute atomic E-state index is 0.00369. The fourth-order valence-electron chi connectivity index (χ4n) is 3.87. The average Bonchev–Trinajstić information content (AvgIpc) is 2.56. The smallest absolute Gasteiger partial charge is 0.318 e. The molecular formula is C23H26O4. The zero-order valence-electron chi connectivity index (χ0n) is 16.4. The Kier molecular flexibility index (Phi) is 5.36. The summed E-state index contributed by atoms with van der Waals surface area (Å²) in [5.41, 5.74) is 4.58. The van der Waals surface area contributed by atoms with Crippen LogP contribution in [0.15, 0.2) is 36.4 Å². The normalized spacial score (nSPS) is 15.0. The Morgan fingerprint density at radius 3 is 1.93 bits per heavy atom. The van der Waals surface area contributed by atoms with Gasteiger partial charge in [0.15, 0.2) is 0 Å². The maximum Gasteiger partial charge on any atom is 0.318 e. The van der Waals surface area contributed by atoms with Crippen molar-refractivity contribution in [3.05, 3.63) is 58.7 Å². The zero-order valence-corrected chi connectivity index (χ0v) is 16.4. The van der Waals surface area contributed by atoms with Crippen molar-refractivity contribution in [2.75, 3.05) is 7.11 Å². The maximum atomic E-state index is 11.8. The van der Waals surface area contributed by atoms with Gasteiger partial charge in [-0.25, -0.2) is 0 Å². The Morgan fingerprint density at radius 2 is 1.52 bits per heavy atom. The van der Waals surface area contributed by atoms with Crippen LogP contribution in [0.3, 0.4) is 0 Å². The van der Waals surface area contributed by atoms with Crippen LogP contribution in [0.4, 0.5) is 0 Å². The van der Waals surface area contributed by atoms with E-state index in [1.807, 2.05) is 25.1 Å². The molecule has 0 saturated heterocycles. The molecule has 1 fully saturated rings. The molecule has 2 aromatic carbocycles. The first kappa shape index (κ1) is 19.2. The van der Waals surface area contributed by atoms with Gasteiger partial charge in [-0.15, -0.1) is 0 Å². The second-order valence-corrected chi connectivity index (χ2v) is 7.45. The van der Waals surface area contributed by atoms with Gasteiger partial charge < -0.3 is 9.47 Å².